The molecule has 8 nitrogen and oxygen atoms in total. The predicted molar refractivity (Wildman–Crippen MR) is 106 cm³/mol. The molecule has 0 saturated carbocycles. The highest BCUT2D eigenvalue weighted by Crippen LogP contribution is 2.27. The second-order valence-electron chi connectivity index (χ2n) is 6.45. The third-order valence-corrected chi connectivity index (χ3v) is 4.63. The van der Waals surface area contributed by atoms with Crippen molar-refractivity contribution < 1.29 is 19.1 Å². The van der Waals surface area contributed by atoms with Crippen molar-refractivity contribution in [3.63, 3.8) is 0 Å². The van der Waals surface area contributed by atoms with E-state index in [1.54, 1.807) is 37.4 Å². The molecule has 1 saturated heterocycles. The molecule has 0 spiro atoms. The van der Waals surface area contributed by atoms with Crippen LogP contribution in [0.25, 0.3) is 0 Å². The molecule has 1 aliphatic rings. The fourth-order valence-corrected chi connectivity index (χ4v) is 3.08. The fourth-order valence-electron chi connectivity index (χ4n) is 3.08. The highest BCUT2D eigenvalue weighted by molar-refractivity contribution is 5.92. The normalized spacial score (nSPS) is 13.8. The van der Waals surface area contributed by atoms with Crippen molar-refractivity contribution in [2.45, 2.75) is 6.42 Å². The highest BCUT2D eigenvalue weighted by Gasteiger charge is 2.16. The zero-order valence-corrected chi connectivity index (χ0v) is 16.1. The van der Waals surface area contributed by atoms with Gasteiger partial charge in [0.15, 0.2) is 11.5 Å². The van der Waals surface area contributed by atoms with Crippen LogP contribution in [0.15, 0.2) is 36.5 Å². The molecule has 28 heavy (non-hydrogen) atoms. The van der Waals surface area contributed by atoms with E-state index >= 15 is 0 Å². The number of carbonyl (C=O) groups is 2. The van der Waals surface area contributed by atoms with Crippen LogP contribution >= 0.6 is 0 Å². The second kappa shape index (κ2) is 9.07. The predicted octanol–water partition coefficient (Wildman–Crippen LogP) is 1.56. The standard InChI is InChI=1S/C20H24N4O4/c1-27-17-5-3-15(11-18(17)28-2)12-20(26)22-16-4-6-19(21-13-16)24-9-7-23(14-25)8-10-24/h3-6,11,13-14H,7-10,12H2,1-2H3,(H,22,26). The van der Waals surface area contributed by atoms with Gasteiger partial charge in [0.2, 0.25) is 12.3 Å². The van der Waals surface area contributed by atoms with Crippen LogP contribution in [0.5, 0.6) is 11.5 Å². The van der Waals surface area contributed by atoms with Crippen LogP contribution in [0.4, 0.5) is 11.5 Å². The zero-order valence-electron chi connectivity index (χ0n) is 16.1. The summed E-state index contributed by atoms with van der Waals surface area (Å²) in [5, 5.41) is 2.86. The van der Waals surface area contributed by atoms with Gasteiger partial charge in [-0.3, -0.25) is 9.59 Å². The number of piperazine rings is 1. The number of amides is 2. The molecule has 2 heterocycles. The molecule has 8 heteroatoms. The second-order valence-corrected chi connectivity index (χ2v) is 6.45. The van der Waals surface area contributed by atoms with E-state index in [2.05, 4.69) is 15.2 Å². The number of rotatable bonds is 7. The SMILES string of the molecule is COc1ccc(CC(=O)Nc2ccc(N3CCN(C=O)CC3)nc2)cc1OC. The number of carbonyl (C=O) groups excluding carboxylic acids is 2. The number of benzene rings is 1. The summed E-state index contributed by atoms with van der Waals surface area (Å²) < 4.78 is 10.5. The lowest BCUT2D eigenvalue weighted by molar-refractivity contribution is -0.118. The minimum atomic E-state index is -0.138. The van der Waals surface area contributed by atoms with Gasteiger partial charge in [-0.2, -0.15) is 0 Å². The van der Waals surface area contributed by atoms with Gasteiger partial charge in [-0.05, 0) is 29.8 Å². The van der Waals surface area contributed by atoms with Crippen LogP contribution in [-0.2, 0) is 16.0 Å². The Balaban J connectivity index is 1.57. The first kappa shape index (κ1) is 19.5. The molecule has 148 valence electrons. The molecule has 0 bridgehead atoms. The van der Waals surface area contributed by atoms with Gasteiger partial charge in [0.1, 0.15) is 5.82 Å². The third kappa shape index (κ3) is 4.70. The topological polar surface area (TPSA) is 84.0 Å². The minimum absolute atomic E-state index is 0.138. The molecular formula is C20H24N4O4. The van der Waals surface area contributed by atoms with Crippen LogP contribution in [0, 0.1) is 0 Å². The quantitative estimate of drug-likeness (QED) is 0.730. The Morgan fingerprint density at radius 3 is 2.46 bits per heavy atom. The fraction of sp³-hybridized carbons (Fsp3) is 0.350. The summed E-state index contributed by atoms with van der Waals surface area (Å²) in [4.78, 5) is 31.4. The summed E-state index contributed by atoms with van der Waals surface area (Å²) >= 11 is 0. The number of nitrogens with one attached hydrogen (secondary N) is 1. The van der Waals surface area contributed by atoms with Crippen molar-refractivity contribution in [2.75, 3.05) is 50.6 Å². The molecule has 0 radical (unpaired) electrons. The highest BCUT2D eigenvalue weighted by atomic mass is 16.5. The molecule has 0 aliphatic carbocycles. The maximum atomic E-state index is 12.3. The van der Waals surface area contributed by atoms with Crippen molar-refractivity contribution in [1.29, 1.82) is 0 Å². The lowest BCUT2D eigenvalue weighted by atomic mass is 10.1. The number of pyridine rings is 1. The summed E-state index contributed by atoms with van der Waals surface area (Å²) in [5.74, 6) is 1.92. The van der Waals surface area contributed by atoms with E-state index in [1.807, 2.05) is 18.2 Å². The molecule has 1 fully saturated rings. The van der Waals surface area contributed by atoms with E-state index in [0.717, 1.165) is 30.9 Å². The van der Waals surface area contributed by atoms with Gasteiger partial charge in [-0.15, -0.1) is 0 Å². The maximum absolute atomic E-state index is 12.3. The molecular weight excluding hydrogens is 360 g/mol. The van der Waals surface area contributed by atoms with Gasteiger partial charge in [-0.1, -0.05) is 6.07 Å². The average molecular weight is 384 g/mol. The Morgan fingerprint density at radius 2 is 1.86 bits per heavy atom. The van der Waals surface area contributed by atoms with E-state index in [4.69, 9.17) is 9.47 Å². The van der Waals surface area contributed by atoms with Crippen LogP contribution < -0.4 is 19.7 Å². The van der Waals surface area contributed by atoms with Gasteiger partial charge in [-0.25, -0.2) is 4.98 Å². The average Bonchev–Trinajstić information content (AvgIpc) is 2.74. The summed E-state index contributed by atoms with van der Waals surface area (Å²) in [6.45, 7) is 2.87. The smallest absolute Gasteiger partial charge is 0.228 e. The number of hydrogen-bond donors (Lipinski definition) is 1. The Kier molecular flexibility index (Phi) is 6.31. The molecule has 1 aromatic carbocycles. The van der Waals surface area contributed by atoms with E-state index < -0.39 is 0 Å². The van der Waals surface area contributed by atoms with Gasteiger partial charge in [0.05, 0.1) is 32.5 Å². The summed E-state index contributed by atoms with van der Waals surface area (Å²) in [7, 11) is 3.14. The van der Waals surface area contributed by atoms with Crippen LogP contribution in [-0.4, -0.2) is 62.6 Å². The van der Waals surface area contributed by atoms with Crippen LogP contribution in [0.1, 0.15) is 5.56 Å². The number of ether oxygens (including phenoxy) is 2. The van der Waals surface area contributed by atoms with Crippen LogP contribution in [0.2, 0.25) is 0 Å². The molecule has 0 unspecified atom stereocenters. The summed E-state index contributed by atoms with van der Waals surface area (Å²) in [5.41, 5.74) is 1.47. The van der Waals surface area contributed by atoms with Gasteiger partial charge in [0.25, 0.3) is 0 Å². The lowest BCUT2D eigenvalue weighted by Crippen LogP contribution is -2.46. The molecule has 3 rings (SSSR count). The van der Waals surface area contributed by atoms with Crippen molar-refractivity contribution in [1.82, 2.24) is 9.88 Å². The molecule has 1 aliphatic heterocycles. The summed E-state index contributed by atoms with van der Waals surface area (Å²) in [6.07, 6.45) is 2.74. The van der Waals surface area contributed by atoms with E-state index in [9.17, 15) is 9.59 Å². The Hall–Kier alpha value is -3.29. The van der Waals surface area contributed by atoms with Gasteiger partial charge in [0, 0.05) is 26.2 Å². The monoisotopic (exact) mass is 384 g/mol. The maximum Gasteiger partial charge on any atom is 0.228 e. The first-order valence-corrected chi connectivity index (χ1v) is 9.04. The third-order valence-electron chi connectivity index (χ3n) is 4.63. The lowest BCUT2D eigenvalue weighted by Gasteiger charge is -2.33. The van der Waals surface area contributed by atoms with Crippen molar-refractivity contribution in [2.24, 2.45) is 0 Å². The molecule has 1 N–H and O–H groups in total. The summed E-state index contributed by atoms with van der Waals surface area (Å²) in [6, 6.07) is 9.12. The molecule has 2 amide bonds. The van der Waals surface area contributed by atoms with E-state index in [0.29, 0.717) is 30.3 Å². The van der Waals surface area contributed by atoms with Crippen molar-refractivity contribution >= 4 is 23.8 Å². The van der Waals surface area contributed by atoms with Gasteiger partial charge >= 0.3 is 0 Å². The molecule has 2 aromatic rings. The largest absolute Gasteiger partial charge is 0.493 e. The minimum Gasteiger partial charge on any atom is -0.493 e. The van der Waals surface area contributed by atoms with Crippen molar-refractivity contribution in [3.8, 4) is 11.5 Å². The number of methoxy groups -OCH3 is 2. The molecule has 0 atom stereocenters. The number of nitrogens with zero attached hydrogens (tertiary/aromatic N) is 3. The Labute approximate surface area is 164 Å². The Morgan fingerprint density at radius 1 is 1.11 bits per heavy atom. The van der Waals surface area contributed by atoms with Crippen LogP contribution in [0.3, 0.4) is 0 Å². The van der Waals surface area contributed by atoms with Crippen molar-refractivity contribution in [3.05, 3.63) is 42.1 Å². The van der Waals surface area contributed by atoms with Gasteiger partial charge < -0.3 is 24.6 Å². The first-order valence-electron chi connectivity index (χ1n) is 9.04. The first-order chi connectivity index (χ1) is 13.6. The zero-order chi connectivity index (χ0) is 19.9. The van der Waals surface area contributed by atoms with E-state index in [-0.39, 0.29) is 12.3 Å². The number of aromatic nitrogens is 1. The number of anilines is 2. The Bertz CT molecular complexity index is 817. The number of hydrogen-bond acceptors (Lipinski definition) is 6. The van der Waals surface area contributed by atoms with E-state index in [1.165, 1.54) is 0 Å². The molecule has 1 aromatic heterocycles.